The number of rotatable bonds is 5. The molecule has 0 bridgehead atoms. The van der Waals surface area contributed by atoms with Crippen molar-refractivity contribution in [1.82, 2.24) is 19.9 Å². The molecule has 0 aliphatic rings. The van der Waals surface area contributed by atoms with E-state index in [0.29, 0.717) is 23.6 Å². The number of halogens is 1. The minimum absolute atomic E-state index is 0.0783. The maximum absolute atomic E-state index is 9.17. The van der Waals surface area contributed by atoms with E-state index in [1.165, 1.54) is 6.33 Å². The van der Waals surface area contributed by atoms with E-state index in [1.54, 1.807) is 7.11 Å². The highest BCUT2D eigenvalue weighted by Gasteiger charge is 2.13. The van der Waals surface area contributed by atoms with Crippen LogP contribution in [0, 0.1) is 0 Å². The van der Waals surface area contributed by atoms with Crippen LogP contribution < -0.4 is 5.32 Å². The van der Waals surface area contributed by atoms with E-state index >= 15 is 0 Å². The van der Waals surface area contributed by atoms with E-state index in [4.69, 9.17) is 21.4 Å². The van der Waals surface area contributed by atoms with Gasteiger partial charge in [-0.3, -0.25) is 0 Å². The third-order valence-electron chi connectivity index (χ3n) is 2.19. The Hall–Kier alpha value is -1.44. The fourth-order valence-corrected chi connectivity index (χ4v) is 1.61. The summed E-state index contributed by atoms with van der Waals surface area (Å²) in [6, 6.07) is -0.266. The molecule has 0 aliphatic heterocycles. The summed E-state index contributed by atoms with van der Waals surface area (Å²) in [5, 5.41) is 12.3. The van der Waals surface area contributed by atoms with Gasteiger partial charge < -0.3 is 20.1 Å². The first-order valence-electron chi connectivity index (χ1n) is 4.97. The molecule has 2 aromatic heterocycles. The maximum atomic E-state index is 9.17. The molecule has 2 heterocycles. The van der Waals surface area contributed by atoms with E-state index in [0.717, 1.165) is 0 Å². The first-order chi connectivity index (χ1) is 8.24. The molecule has 0 fully saturated rings. The van der Waals surface area contributed by atoms with E-state index in [2.05, 4.69) is 25.3 Å². The zero-order valence-corrected chi connectivity index (χ0v) is 9.90. The van der Waals surface area contributed by atoms with Crippen LogP contribution in [0.25, 0.3) is 11.2 Å². The summed E-state index contributed by atoms with van der Waals surface area (Å²) < 4.78 is 4.97. The molecule has 3 N–H and O–H groups in total. The molecule has 0 aromatic carbocycles. The van der Waals surface area contributed by atoms with Crippen molar-refractivity contribution in [3.63, 3.8) is 0 Å². The van der Waals surface area contributed by atoms with E-state index in [-0.39, 0.29) is 17.9 Å². The molecule has 0 aliphatic carbocycles. The molecule has 0 spiro atoms. The summed E-state index contributed by atoms with van der Waals surface area (Å²) in [5.74, 6) is 0.494. The van der Waals surface area contributed by atoms with Gasteiger partial charge >= 0.3 is 0 Å². The number of H-pyrrole nitrogens is 1. The molecular weight excluding hydrogens is 246 g/mol. The number of imidazole rings is 1. The normalized spacial score (nSPS) is 12.9. The number of methoxy groups -OCH3 is 1. The van der Waals surface area contributed by atoms with Crippen LogP contribution in [0.1, 0.15) is 0 Å². The van der Waals surface area contributed by atoms with Crippen LogP contribution in [0.5, 0.6) is 0 Å². The lowest BCUT2D eigenvalue weighted by molar-refractivity contribution is 0.153. The van der Waals surface area contributed by atoms with Crippen LogP contribution in [-0.4, -0.2) is 51.4 Å². The molecule has 0 saturated heterocycles. The van der Waals surface area contributed by atoms with Crippen LogP contribution in [0.2, 0.25) is 5.28 Å². The summed E-state index contributed by atoms with van der Waals surface area (Å²) in [6.07, 6.45) is 1.51. The summed E-state index contributed by atoms with van der Waals surface area (Å²) in [4.78, 5) is 14.9. The number of hydrogen-bond acceptors (Lipinski definition) is 6. The Labute approximate surface area is 102 Å². The Balaban J connectivity index is 2.30. The van der Waals surface area contributed by atoms with Gasteiger partial charge in [0.25, 0.3) is 0 Å². The average Bonchev–Trinajstić information content (AvgIpc) is 2.76. The molecule has 2 aromatic rings. The van der Waals surface area contributed by atoms with Crippen molar-refractivity contribution in [2.45, 2.75) is 6.04 Å². The van der Waals surface area contributed by atoms with Gasteiger partial charge in [0, 0.05) is 7.11 Å². The minimum atomic E-state index is -0.266. The first-order valence-corrected chi connectivity index (χ1v) is 5.35. The van der Waals surface area contributed by atoms with Crippen LogP contribution >= 0.6 is 11.6 Å². The van der Waals surface area contributed by atoms with Gasteiger partial charge in [0.15, 0.2) is 11.5 Å². The largest absolute Gasteiger partial charge is 0.394 e. The number of aromatic nitrogens is 4. The second-order valence-electron chi connectivity index (χ2n) is 3.42. The molecule has 0 saturated carbocycles. The summed E-state index contributed by atoms with van der Waals surface area (Å²) in [6.45, 7) is 0.277. The second-order valence-corrected chi connectivity index (χ2v) is 3.76. The molecule has 92 valence electrons. The monoisotopic (exact) mass is 257 g/mol. The standard InChI is InChI=1S/C9H12ClN5O2/c1-17-3-5(2-16)13-8-6-7(12-4-11-6)14-9(10)15-8/h4-5,16H,2-3H2,1H3,(H2,11,12,13,14,15). The van der Waals surface area contributed by atoms with Crippen LogP contribution in [-0.2, 0) is 4.74 Å². The summed E-state index contributed by atoms with van der Waals surface area (Å²) in [5.41, 5.74) is 1.12. The highest BCUT2D eigenvalue weighted by molar-refractivity contribution is 6.28. The lowest BCUT2D eigenvalue weighted by Crippen LogP contribution is -2.29. The number of nitrogens with one attached hydrogen (secondary N) is 2. The molecule has 1 atom stereocenters. The quantitative estimate of drug-likeness (QED) is 0.672. The van der Waals surface area contributed by atoms with Gasteiger partial charge in [-0.15, -0.1) is 0 Å². The highest BCUT2D eigenvalue weighted by atomic mass is 35.5. The number of hydrogen-bond donors (Lipinski definition) is 3. The van der Waals surface area contributed by atoms with Crippen LogP contribution in [0.15, 0.2) is 6.33 Å². The molecule has 0 radical (unpaired) electrons. The topological polar surface area (TPSA) is 96.0 Å². The number of nitrogens with zero attached hydrogens (tertiary/aromatic N) is 3. The second kappa shape index (κ2) is 5.26. The molecule has 2 rings (SSSR count). The van der Waals surface area contributed by atoms with Gasteiger partial charge in [-0.25, -0.2) is 4.98 Å². The van der Waals surface area contributed by atoms with Gasteiger partial charge in [0.2, 0.25) is 5.28 Å². The smallest absolute Gasteiger partial charge is 0.226 e. The van der Waals surface area contributed by atoms with Crippen molar-refractivity contribution < 1.29 is 9.84 Å². The van der Waals surface area contributed by atoms with Crippen molar-refractivity contribution in [3.8, 4) is 0 Å². The third-order valence-corrected chi connectivity index (χ3v) is 2.36. The number of aliphatic hydroxyl groups is 1. The van der Waals surface area contributed by atoms with Crippen molar-refractivity contribution in [3.05, 3.63) is 11.6 Å². The lowest BCUT2D eigenvalue weighted by Gasteiger charge is -2.15. The Morgan fingerprint density at radius 2 is 2.41 bits per heavy atom. The molecular formula is C9H12ClN5O2. The number of ether oxygens (including phenoxy) is 1. The highest BCUT2D eigenvalue weighted by Crippen LogP contribution is 2.19. The molecule has 8 heteroatoms. The Morgan fingerprint density at radius 1 is 1.59 bits per heavy atom. The average molecular weight is 258 g/mol. The third kappa shape index (κ3) is 2.63. The lowest BCUT2D eigenvalue weighted by atomic mass is 10.3. The first kappa shape index (κ1) is 12.0. The van der Waals surface area contributed by atoms with E-state index in [1.807, 2.05) is 0 Å². The number of anilines is 1. The van der Waals surface area contributed by atoms with Crippen molar-refractivity contribution in [1.29, 1.82) is 0 Å². The Bertz CT molecular complexity index is 503. The number of fused-ring (bicyclic) bond motifs is 1. The van der Waals surface area contributed by atoms with Crippen molar-refractivity contribution in [2.75, 3.05) is 25.6 Å². The van der Waals surface area contributed by atoms with Crippen molar-refractivity contribution >= 4 is 28.6 Å². The molecule has 1 unspecified atom stereocenters. The Morgan fingerprint density at radius 3 is 3.12 bits per heavy atom. The fraction of sp³-hybridized carbons (Fsp3) is 0.444. The van der Waals surface area contributed by atoms with Gasteiger partial charge in [0.05, 0.1) is 25.6 Å². The molecule has 0 amide bonds. The van der Waals surface area contributed by atoms with E-state index in [9.17, 15) is 0 Å². The number of aromatic amines is 1. The maximum Gasteiger partial charge on any atom is 0.226 e. The van der Waals surface area contributed by atoms with Gasteiger partial charge in [0.1, 0.15) is 5.52 Å². The number of aliphatic hydroxyl groups excluding tert-OH is 1. The predicted octanol–water partition coefficient (Wildman–Crippen LogP) is 0.426. The van der Waals surface area contributed by atoms with Crippen LogP contribution in [0.3, 0.4) is 0 Å². The zero-order valence-electron chi connectivity index (χ0n) is 9.14. The molecule has 17 heavy (non-hydrogen) atoms. The summed E-state index contributed by atoms with van der Waals surface area (Å²) in [7, 11) is 1.56. The SMILES string of the molecule is COCC(CO)Nc1nc(Cl)nc2nc[nH]c12. The van der Waals surface area contributed by atoms with Gasteiger partial charge in [-0.2, -0.15) is 9.97 Å². The minimum Gasteiger partial charge on any atom is -0.394 e. The fourth-order valence-electron chi connectivity index (χ4n) is 1.45. The van der Waals surface area contributed by atoms with Gasteiger partial charge in [-0.05, 0) is 11.6 Å². The predicted molar refractivity (Wildman–Crippen MR) is 63.1 cm³/mol. The van der Waals surface area contributed by atoms with Crippen molar-refractivity contribution in [2.24, 2.45) is 0 Å². The zero-order chi connectivity index (χ0) is 12.3. The van der Waals surface area contributed by atoms with Gasteiger partial charge in [-0.1, -0.05) is 0 Å². The van der Waals surface area contributed by atoms with E-state index < -0.39 is 0 Å². The Kier molecular flexibility index (Phi) is 3.72. The van der Waals surface area contributed by atoms with Crippen LogP contribution in [0.4, 0.5) is 5.82 Å². The molecule has 7 nitrogen and oxygen atoms in total. The summed E-state index contributed by atoms with van der Waals surface area (Å²) >= 11 is 5.77.